The van der Waals surface area contributed by atoms with Crippen LogP contribution in [0.25, 0.3) is 0 Å². The molecule has 3 nitrogen and oxygen atoms in total. The molecule has 0 N–H and O–H groups in total. The number of hydrogen-bond acceptors (Lipinski definition) is 3. The average Bonchev–Trinajstić information content (AvgIpc) is 2.42. The van der Waals surface area contributed by atoms with Gasteiger partial charge in [0, 0.05) is 28.3 Å². The van der Waals surface area contributed by atoms with Crippen LogP contribution in [0.15, 0.2) is 42.6 Å². The van der Waals surface area contributed by atoms with Gasteiger partial charge in [-0.1, -0.05) is 30.3 Å². The molecule has 1 atom stereocenters. The summed E-state index contributed by atoms with van der Waals surface area (Å²) < 4.78 is 12.2. The van der Waals surface area contributed by atoms with Gasteiger partial charge in [0.2, 0.25) is 0 Å². The third-order valence-electron chi connectivity index (χ3n) is 2.89. The highest BCUT2D eigenvalue weighted by molar-refractivity contribution is 7.83. The van der Waals surface area contributed by atoms with E-state index in [4.69, 9.17) is 5.26 Å². The molecule has 19 heavy (non-hydrogen) atoms. The van der Waals surface area contributed by atoms with Crippen LogP contribution in [0.3, 0.4) is 0 Å². The van der Waals surface area contributed by atoms with Crippen LogP contribution in [0.1, 0.15) is 22.4 Å². The van der Waals surface area contributed by atoms with E-state index in [0.717, 1.165) is 16.7 Å². The van der Waals surface area contributed by atoms with Crippen LogP contribution >= 0.6 is 0 Å². The second-order valence-electron chi connectivity index (χ2n) is 4.28. The Morgan fingerprint density at radius 1 is 1.16 bits per heavy atom. The second kappa shape index (κ2) is 6.26. The molecule has 0 aliphatic heterocycles. The number of nitriles is 1. The monoisotopic (exact) mass is 270 g/mol. The number of rotatable bonds is 4. The lowest BCUT2D eigenvalue weighted by Gasteiger charge is -2.06. The Balaban J connectivity index is 2.11. The Kier molecular flexibility index (Phi) is 4.43. The summed E-state index contributed by atoms with van der Waals surface area (Å²) in [5, 5.41) is 8.95. The molecule has 1 heterocycles. The fourth-order valence-corrected chi connectivity index (χ4v) is 3.18. The van der Waals surface area contributed by atoms with Crippen molar-refractivity contribution in [2.75, 3.05) is 0 Å². The predicted molar refractivity (Wildman–Crippen MR) is 75.7 cm³/mol. The maximum atomic E-state index is 12.2. The summed E-state index contributed by atoms with van der Waals surface area (Å²) in [4.78, 5) is 3.98. The Hall–Kier alpha value is -1.99. The van der Waals surface area contributed by atoms with E-state index < -0.39 is 10.8 Å². The molecule has 0 fully saturated rings. The Morgan fingerprint density at radius 3 is 2.58 bits per heavy atom. The van der Waals surface area contributed by atoms with Crippen LogP contribution in [0.5, 0.6) is 0 Å². The van der Waals surface area contributed by atoms with Crippen LogP contribution in [-0.4, -0.2) is 9.19 Å². The van der Waals surface area contributed by atoms with Crippen LogP contribution in [0.4, 0.5) is 0 Å². The van der Waals surface area contributed by atoms with Gasteiger partial charge in [-0.2, -0.15) is 5.26 Å². The molecule has 2 aromatic rings. The van der Waals surface area contributed by atoms with Gasteiger partial charge in [-0.3, -0.25) is 4.21 Å². The van der Waals surface area contributed by atoms with Gasteiger partial charge >= 0.3 is 0 Å². The predicted octanol–water partition coefficient (Wildman–Crippen LogP) is 2.71. The number of pyridine rings is 1. The molecule has 0 amide bonds. The van der Waals surface area contributed by atoms with Gasteiger partial charge in [0.25, 0.3) is 0 Å². The molecule has 1 aromatic carbocycles. The second-order valence-corrected chi connectivity index (χ2v) is 5.73. The third kappa shape index (κ3) is 3.49. The number of aromatic nitrogens is 1. The standard InChI is InChI=1S/C15H14N2OS/c1-12-5-2-3-6-13(12)10-19(18)11-14-7-4-8-17-15(14)9-16/h2-8H,10-11H2,1H3. The molecule has 2 rings (SSSR count). The molecule has 96 valence electrons. The number of hydrogen-bond donors (Lipinski definition) is 0. The van der Waals surface area contributed by atoms with E-state index in [1.807, 2.05) is 37.3 Å². The highest BCUT2D eigenvalue weighted by atomic mass is 32.2. The first-order valence-corrected chi connectivity index (χ1v) is 7.43. The molecule has 1 aromatic heterocycles. The molecule has 4 heteroatoms. The summed E-state index contributed by atoms with van der Waals surface area (Å²) in [6.07, 6.45) is 1.58. The first kappa shape index (κ1) is 13.4. The van der Waals surface area contributed by atoms with Crippen molar-refractivity contribution in [1.29, 1.82) is 5.26 Å². The van der Waals surface area contributed by atoms with Crippen LogP contribution in [-0.2, 0) is 22.3 Å². The summed E-state index contributed by atoms with van der Waals surface area (Å²) in [6, 6.07) is 13.5. The molecule has 0 saturated heterocycles. The highest BCUT2D eigenvalue weighted by Gasteiger charge is 2.09. The zero-order chi connectivity index (χ0) is 13.7. The smallest absolute Gasteiger partial charge is 0.144 e. The van der Waals surface area contributed by atoms with Crippen molar-refractivity contribution < 1.29 is 4.21 Å². The molecular weight excluding hydrogens is 256 g/mol. The fraction of sp³-hybridized carbons (Fsp3) is 0.200. The molecule has 0 spiro atoms. The molecule has 0 saturated carbocycles. The fourth-order valence-electron chi connectivity index (χ4n) is 1.83. The minimum Gasteiger partial charge on any atom is -0.259 e. The van der Waals surface area contributed by atoms with Crippen molar-refractivity contribution in [1.82, 2.24) is 4.98 Å². The first-order chi connectivity index (χ1) is 9.20. The first-order valence-electron chi connectivity index (χ1n) is 5.94. The van der Waals surface area contributed by atoms with Crippen LogP contribution < -0.4 is 0 Å². The van der Waals surface area contributed by atoms with Gasteiger partial charge in [-0.25, -0.2) is 4.98 Å². The number of nitrogens with zero attached hydrogens (tertiary/aromatic N) is 2. The van der Waals surface area contributed by atoms with Gasteiger partial charge < -0.3 is 0 Å². The van der Waals surface area contributed by atoms with Crippen molar-refractivity contribution in [3.05, 3.63) is 65.0 Å². The van der Waals surface area contributed by atoms with Gasteiger partial charge in [0.1, 0.15) is 11.8 Å². The molecule has 0 radical (unpaired) electrons. The van der Waals surface area contributed by atoms with E-state index in [1.165, 1.54) is 0 Å². The van der Waals surface area contributed by atoms with E-state index in [2.05, 4.69) is 4.98 Å². The molecule has 0 bridgehead atoms. The molecular formula is C15H14N2OS. The van der Waals surface area contributed by atoms with E-state index in [0.29, 0.717) is 17.2 Å². The topological polar surface area (TPSA) is 53.8 Å². The van der Waals surface area contributed by atoms with Crippen molar-refractivity contribution in [3.63, 3.8) is 0 Å². The zero-order valence-corrected chi connectivity index (χ0v) is 11.5. The highest BCUT2D eigenvalue weighted by Crippen LogP contribution is 2.13. The van der Waals surface area contributed by atoms with E-state index in [9.17, 15) is 4.21 Å². The summed E-state index contributed by atoms with van der Waals surface area (Å²) in [6.45, 7) is 2.01. The Bertz CT molecular complexity index is 647. The number of aryl methyl sites for hydroxylation is 1. The van der Waals surface area contributed by atoms with E-state index >= 15 is 0 Å². The lowest BCUT2D eigenvalue weighted by molar-refractivity contribution is 0.682. The SMILES string of the molecule is Cc1ccccc1CS(=O)Cc1cccnc1C#N. The molecule has 0 aliphatic carbocycles. The third-order valence-corrected chi connectivity index (χ3v) is 4.16. The lowest BCUT2D eigenvalue weighted by Crippen LogP contribution is -2.03. The largest absolute Gasteiger partial charge is 0.259 e. The lowest BCUT2D eigenvalue weighted by atomic mass is 10.1. The van der Waals surface area contributed by atoms with Crippen LogP contribution in [0, 0.1) is 18.3 Å². The minimum absolute atomic E-state index is 0.362. The molecule has 1 unspecified atom stereocenters. The Morgan fingerprint density at radius 2 is 1.84 bits per heavy atom. The van der Waals surface area contributed by atoms with Gasteiger partial charge in [-0.05, 0) is 24.1 Å². The van der Waals surface area contributed by atoms with Crippen molar-refractivity contribution in [2.24, 2.45) is 0 Å². The van der Waals surface area contributed by atoms with Gasteiger partial charge in [0.15, 0.2) is 0 Å². The maximum Gasteiger partial charge on any atom is 0.144 e. The quantitative estimate of drug-likeness (QED) is 0.858. The molecule has 0 aliphatic rings. The van der Waals surface area contributed by atoms with E-state index in [1.54, 1.807) is 18.3 Å². The van der Waals surface area contributed by atoms with Crippen molar-refractivity contribution in [2.45, 2.75) is 18.4 Å². The maximum absolute atomic E-state index is 12.2. The summed E-state index contributed by atoms with van der Waals surface area (Å²) in [5.41, 5.74) is 3.34. The summed E-state index contributed by atoms with van der Waals surface area (Å²) in [5.74, 6) is 0.873. The van der Waals surface area contributed by atoms with Crippen molar-refractivity contribution in [3.8, 4) is 6.07 Å². The van der Waals surface area contributed by atoms with E-state index in [-0.39, 0.29) is 0 Å². The summed E-state index contributed by atoms with van der Waals surface area (Å²) in [7, 11) is -1.04. The Labute approximate surface area is 115 Å². The normalized spacial score (nSPS) is 11.8. The van der Waals surface area contributed by atoms with Crippen molar-refractivity contribution >= 4 is 10.8 Å². The zero-order valence-electron chi connectivity index (χ0n) is 10.7. The average molecular weight is 270 g/mol. The van der Waals surface area contributed by atoms with Gasteiger partial charge in [0.05, 0.1) is 5.75 Å². The van der Waals surface area contributed by atoms with Gasteiger partial charge in [-0.15, -0.1) is 0 Å². The number of benzene rings is 1. The minimum atomic E-state index is -1.04. The summed E-state index contributed by atoms with van der Waals surface area (Å²) >= 11 is 0. The van der Waals surface area contributed by atoms with Crippen LogP contribution in [0.2, 0.25) is 0 Å².